The number of methoxy groups -OCH3 is 1. The Kier molecular flexibility index (Phi) is 4.83. The van der Waals surface area contributed by atoms with Crippen LogP contribution in [-0.4, -0.2) is 41.6 Å². The van der Waals surface area contributed by atoms with Crippen LogP contribution in [-0.2, 0) is 9.59 Å². The Morgan fingerprint density at radius 2 is 2.24 bits per heavy atom. The Morgan fingerprint density at radius 1 is 1.48 bits per heavy atom. The van der Waals surface area contributed by atoms with Gasteiger partial charge in [-0.2, -0.15) is 0 Å². The molecular weight excluding hydrogens is 270 g/mol. The summed E-state index contributed by atoms with van der Waals surface area (Å²) in [7, 11) is 1.61. The van der Waals surface area contributed by atoms with E-state index in [9.17, 15) is 9.59 Å². The van der Waals surface area contributed by atoms with Gasteiger partial charge in [0.15, 0.2) is 0 Å². The van der Waals surface area contributed by atoms with Crippen molar-refractivity contribution in [3.63, 3.8) is 0 Å². The van der Waals surface area contributed by atoms with Crippen LogP contribution in [0.2, 0.25) is 0 Å². The lowest BCUT2D eigenvalue weighted by molar-refractivity contribution is -0.148. The zero-order valence-electron chi connectivity index (χ0n) is 12.4. The number of nitrogens with zero attached hydrogens (tertiary/aromatic N) is 1. The largest absolute Gasteiger partial charge is 0.497 e. The number of carboxylic acids is 1. The summed E-state index contributed by atoms with van der Waals surface area (Å²) in [4.78, 5) is 25.0. The molecule has 1 heterocycles. The van der Waals surface area contributed by atoms with Crippen LogP contribution in [0.15, 0.2) is 24.3 Å². The Labute approximate surface area is 124 Å². The van der Waals surface area contributed by atoms with E-state index in [-0.39, 0.29) is 11.8 Å². The van der Waals surface area contributed by atoms with Crippen molar-refractivity contribution in [2.24, 2.45) is 0 Å². The fraction of sp³-hybridized carbons (Fsp3) is 0.500. The number of carboxylic acid groups (broad SMARTS) is 1. The molecular formula is C16H21NO4. The van der Waals surface area contributed by atoms with Gasteiger partial charge in [0.25, 0.3) is 0 Å². The fourth-order valence-electron chi connectivity index (χ4n) is 2.77. The number of rotatable bonds is 5. The lowest BCUT2D eigenvalue weighted by atomic mass is 9.97. The van der Waals surface area contributed by atoms with Crippen molar-refractivity contribution in [3.8, 4) is 5.75 Å². The highest BCUT2D eigenvalue weighted by atomic mass is 16.5. The highest BCUT2D eigenvalue weighted by Gasteiger charge is 2.34. The number of likely N-dealkylation sites (tertiary alicyclic amines) is 1. The van der Waals surface area contributed by atoms with Gasteiger partial charge in [0.05, 0.1) is 7.11 Å². The highest BCUT2D eigenvalue weighted by molar-refractivity contribution is 5.84. The van der Waals surface area contributed by atoms with E-state index in [0.29, 0.717) is 19.4 Å². The molecule has 0 aromatic heterocycles. The fourth-order valence-corrected chi connectivity index (χ4v) is 2.77. The molecule has 21 heavy (non-hydrogen) atoms. The molecule has 1 aromatic rings. The molecule has 0 saturated carbocycles. The summed E-state index contributed by atoms with van der Waals surface area (Å²) in [6.45, 7) is 2.51. The predicted molar refractivity (Wildman–Crippen MR) is 78.4 cm³/mol. The minimum Gasteiger partial charge on any atom is -0.497 e. The first-order valence-corrected chi connectivity index (χ1v) is 7.19. The van der Waals surface area contributed by atoms with E-state index in [1.165, 1.54) is 4.90 Å². The van der Waals surface area contributed by atoms with E-state index in [1.807, 2.05) is 31.2 Å². The average molecular weight is 291 g/mol. The van der Waals surface area contributed by atoms with Gasteiger partial charge < -0.3 is 14.7 Å². The number of hydrogen-bond donors (Lipinski definition) is 1. The molecule has 114 valence electrons. The van der Waals surface area contributed by atoms with Crippen LogP contribution in [0.25, 0.3) is 0 Å². The second-order valence-electron chi connectivity index (χ2n) is 5.47. The number of aliphatic carboxylic acids is 1. The highest BCUT2D eigenvalue weighted by Crippen LogP contribution is 2.26. The number of amides is 1. The van der Waals surface area contributed by atoms with E-state index in [1.54, 1.807) is 7.11 Å². The SMILES string of the molecule is COc1cccc(C(C)CC(=O)N2CCC[C@@H]2C(=O)O)c1. The van der Waals surface area contributed by atoms with Gasteiger partial charge in [0.2, 0.25) is 5.91 Å². The first-order chi connectivity index (χ1) is 10.0. The van der Waals surface area contributed by atoms with Crippen molar-refractivity contribution in [2.45, 2.75) is 38.1 Å². The van der Waals surface area contributed by atoms with E-state index in [0.717, 1.165) is 17.7 Å². The van der Waals surface area contributed by atoms with Crippen LogP contribution in [0.1, 0.15) is 37.7 Å². The summed E-state index contributed by atoms with van der Waals surface area (Å²) in [6, 6.07) is 6.97. The van der Waals surface area contributed by atoms with Crippen LogP contribution < -0.4 is 4.74 Å². The van der Waals surface area contributed by atoms with Gasteiger partial charge in [-0.25, -0.2) is 4.79 Å². The Bertz CT molecular complexity index is 529. The molecule has 1 fully saturated rings. The Hall–Kier alpha value is -2.04. The summed E-state index contributed by atoms with van der Waals surface area (Å²) < 4.78 is 5.19. The third kappa shape index (κ3) is 3.54. The average Bonchev–Trinajstić information content (AvgIpc) is 2.97. The third-order valence-corrected chi connectivity index (χ3v) is 4.00. The zero-order valence-corrected chi connectivity index (χ0v) is 12.4. The lowest BCUT2D eigenvalue weighted by Crippen LogP contribution is -2.40. The predicted octanol–water partition coefficient (Wildman–Crippen LogP) is 2.26. The van der Waals surface area contributed by atoms with Crippen LogP contribution >= 0.6 is 0 Å². The maximum atomic E-state index is 12.3. The van der Waals surface area contributed by atoms with Gasteiger partial charge in [0, 0.05) is 13.0 Å². The molecule has 1 amide bonds. The van der Waals surface area contributed by atoms with E-state index >= 15 is 0 Å². The second kappa shape index (κ2) is 6.61. The van der Waals surface area contributed by atoms with E-state index in [4.69, 9.17) is 9.84 Å². The van der Waals surface area contributed by atoms with Crippen molar-refractivity contribution in [3.05, 3.63) is 29.8 Å². The number of hydrogen-bond acceptors (Lipinski definition) is 3. The normalized spacial score (nSPS) is 19.3. The van der Waals surface area contributed by atoms with Crippen LogP contribution in [0.3, 0.4) is 0 Å². The molecule has 0 spiro atoms. The van der Waals surface area contributed by atoms with Gasteiger partial charge in [-0.05, 0) is 36.5 Å². The third-order valence-electron chi connectivity index (χ3n) is 4.00. The molecule has 1 saturated heterocycles. The van der Waals surface area contributed by atoms with E-state index < -0.39 is 12.0 Å². The van der Waals surface area contributed by atoms with Crippen LogP contribution in [0.5, 0.6) is 5.75 Å². The number of ether oxygens (including phenoxy) is 1. The molecule has 1 N–H and O–H groups in total. The van der Waals surface area contributed by atoms with Gasteiger partial charge in [0.1, 0.15) is 11.8 Å². The summed E-state index contributed by atoms with van der Waals surface area (Å²) in [5, 5.41) is 9.14. The minimum atomic E-state index is -0.908. The molecule has 1 aromatic carbocycles. The summed E-state index contributed by atoms with van der Waals surface area (Å²) in [6.07, 6.45) is 1.63. The lowest BCUT2D eigenvalue weighted by Gasteiger charge is -2.23. The monoisotopic (exact) mass is 291 g/mol. The smallest absolute Gasteiger partial charge is 0.326 e. The Balaban J connectivity index is 2.03. The molecule has 0 bridgehead atoms. The first-order valence-electron chi connectivity index (χ1n) is 7.19. The number of carbonyl (C=O) groups excluding carboxylic acids is 1. The molecule has 1 unspecified atom stereocenters. The van der Waals surface area contributed by atoms with Crippen LogP contribution in [0.4, 0.5) is 0 Å². The van der Waals surface area contributed by atoms with Crippen molar-refractivity contribution in [2.75, 3.05) is 13.7 Å². The molecule has 5 nitrogen and oxygen atoms in total. The summed E-state index contributed by atoms with van der Waals surface area (Å²) >= 11 is 0. The van der Waals surface area contributed by atoms with Gasteiger partial charge in [-0.3, -0.25) is 4.79 Å². The summed E-state index contributed by atoms with van der Waals surface area (Å²) in [5.41, 5.74) is 1.02. The number of benzene rings is 1. The number of carbonyl (C=O) groups is 2. The first kappa shape index (κ1) is 15.4. The molecule has 0 radical (unpaired) electrons. The standard InChI is InChI=1S/C16H21NO4/c1-11(12-5-3-6-13(10-12)21-2)9-15(18)17-8-4-7-14(17)16(19)20/h3,5-6,10-11,14H,4,7-9H2,1-2H3,(H,19,20)/t11?,14-/m1/s1. The van der Waals surface area contributed by atoms with Crippen molar-refractivity contribution in [1.29, 1.82) is 0 Å². The zero-order chi connectivity index (χ0) is 15.4. The van der Waals surface area contributed by atoms with Gasteiger partial charge in [-0.15, -0.1) is 0 Å². The van der Waals surface area contributed by atoms with Crippen molar-refractivity contribution >= 4 is 11.9 Å². The Morgan fingerprint density at radius 3 is 2.90 bits per heavy atom. The topological polar surface area (TPSA) is 66.8 Å². The minimum absolute atomic E-state index is 0.0302. The van der Waals surface area contributed by atoms with Crippen LogP contribution in [0, 0.1) is 0 Å². The molecule has 1 aliphatic heterocycles. The van der Waals surface area contributed by atoms with E-state index in [2.05, 4.69) is 0 Å². The molecule has 1 aliphatic rings. The quantitative estimate of drug-likeness (QED) is 0.903. The van der Waals surface area contributed by atoms with Crippen molar-refractivity contribution in [1.82, 2.24) is 4.90 Å². The molecule has 2 atom stereocenters. The maximum Gasteiger partial charge on any atom is 0.326 e. The summed E-state index contributed by atoms with van der Waals surface area (Å²) in [5.74, 6) is -0.205. The van der Waals surface area contributed by atoms with Gasteiger partial charge in [-0.1, -0.05) is 19.1 Å². The maximum absolute atomic E-state index is 12.3. The molecule has 0 aliphatic carbocycles. The van der Waals surface area contributed by atoms with Gasteiger partial charge >= 0.3 is 5.97 Å². The molecule has 5 heteroatoms. The molecule has 2 rings (SSSR count). The van der Waals surface area contributed by atoms with Crippen molar-refractivity contribution < 1.29 is 19.4 Å². The second-order valence-corrected chi connectivity index (χ2v) is 5.47.